The molecule has 0 unspecified atom stereocenters. The zero-order valence-electron chi connectivity index (χ0n) is 9.48. The fourth-order valence-corrected chi connectivity index (χ4v) is 1.57. The molecule has 1 aromatic carbocycles. The second kappa shape index (κ2) is 4.91. The van der Waals surface area contributed by atoms with E-state index in [1.54, 1.807) is 0 Å². The van der Waals surface area contributed by atoms with Crippen LogP contribution < -0.4 is 4.74 Å². The van der Waals surface area contributed by atoms with Gasteiger partial charge in [0, 0.05) is 5.56 Å². The standard InChI is InChI=1S/C13H9F2NO2/c1-18-11-6-5-8(7-17)16-13(11)9-3-2-4-10(14)12(9)15/h2-7H,1H3. The third-order valence-electron chi connectivity index (χ3n) is 2.43. The van der Waals surface area contributed by atoms with E-state index in [2.05, 4.69) is 4.98 Å². The van der Waals surface area contributed by atoms with Gasteiger partial charge in [0.15, 0.2) is 17.9 Å². The van der Waals surface area contributed by atoms with Crippen LogP contribution in [0.15, 0.2) is 30.3 Å². The monoisotopic (exact) mass is 249 g/mol. The number of aldehydes is 1. The van der Waals surface area contributed by atoms with Gasteiger partial charge < -0.3 is 4.74 Å². The molecule has 18 heavy (non-hydrogen) atoms. The SMILES string of the molecule is COc1ccc(C=O)nc1-c1cccc(F)c1F. The highest BCUT2D eigenvalue weighted by molar-refractivity contribution is 5.76. The van der Waals surface area contributed by atoms with Crippen LogP contribution in [0, 0.1) is 11.6 Å². The Morgan fingerprint density at radius 1 is 1.22 bits per heavy atom. The lowest BCUT2D eigenvalue weighted by Crippen LogP contribution is -1.98. The smallest absolute Gasteiger partial charge is 0.168 e. The van der Waals surface area contributed by atoms with Crippen LogP contribution in [0.25, 0.3) is 11.3 Å². The molecule has 92 valence electrons. The van der Waals surface area contributed by atoms with Crippen molar-refractivity contribution in [3.63, 3.8) is 0 Å². The number of nitrogens with zero attached hydrogens (tertiary/aromatic N) is 1. The average molecular weight is 249 g/mol. The summed E-state index contributed by atoms with van der Waals surface area (Å²) >= 11 is 0. The van der Waals surface area contributed by atoms with Crippen molar-refractivity contribution in [3.8, 4) is 17.0 Å². The Hall–Kier alpha value is -2.30. The Bertz CT molecular complexity index is 600. The number of methoxy groups -OCH3 is 1. The minimum atomic E-state index is -1.02. The van der Waals surface area contributed by atoms with Gasteiger partial charge in [-0.1, -0.05) is 6.07 Å². The van der Waals surface area contributed by atoms with Crippen molar-refractivity contribution in [2.24, 2.45) is 0 Å². The summed E-state index contributed by atoms with van der Waals surface area (Å²) in [5, 5.41) is 0. The topological polar surface area (TPSA) is 39.2 Å². The van der Waals surface area contributed by atoms with Gasteiger partial charge >= 0.3 is 0 Å². The number of carbonyl (C=O) groups excluding carboxylic acids is 1. The molecule has 0 spiro atoms. The van der Waals surface area contributed by atoms with E-state index in [9.17, 15) is 13.6 Å². The van der Waals surface area contributed by atoms with E-state index in [4.69, 9.17) is 4.74 Å². The maximum Gasteiger partial charge on any atom is 0.168 e. The average Bonchev–Trinajstić information content (AvgIpc) is 2.41. The molecule has 2 rings (SSSR count). The highest BCUT2D eigenvalue weighted by Gasteiger charge is 2.15. The van der Waals surface area contributed by atoms with Crippen molar-refractivity contribution in [2.75, 3.05) is 7.11 Å². The third kappa shape index (κ3) is 2.07. The second-order valence-corrected chi connectivity index (χ2v) is 3.51. The molecule has 0 fully saturated rings. The molecule has 1 aromatic heterocycles. The van der Waals surface area contributed by atoms with Gasteiger partial charge in [-0.3, -0.25) is 4.79 Å². The second-order valence-electron chi connectivity index (χ2n) is 3.51. The maximum absolute atomic E-state index is 13.7. The van der Waals surface area contributed by atoms with Gasteiger partial charge in [0.1, 0.15) is 17.1 Å². The van der Waals surface area contributed by atoms with Gasteiger partial charge in [-0.15, -0.1) is 0 Å². The zero-order chi connectivity index (χ0) is 13.1. The van der Waals surface area contributed by atoms with E-state index < -0.39 is 11.6 Å². The van der Waals surface area contributed by atoms with E-state index in [-0.39, 0.29) is 22.7 Å². The quantitative estimate of drug-likeness (QED) is 0.785. The van der Waals surface area contributed by atoms with Crippen LogP contribution in [0.2, 0.25) is 0 Å². The molecule has 0 radical (unpaired) electrons. The van der Waals surface area contributed by atoms with Gasteiger partial charge in [0.2, 0.25) is 0 Å². The summed E-state index contributed by atoms with van der Waals surface area (Å²) < 4.78 is 31.9. The number of ether oxygens (including phenoxy) is 1. The maximum atomic E-state index is 13.7. The van der Waals surface area contributed by atoms with Crippen LogP contribution in [-0.4, -0.2) is 18.4 Å². The van der Waals surface area contributed by atoms with Crippen molar-refractivity contribution in [3.05, 3.63) is 47.7 Å². The Labute approximate surface area is 102 Å². The highest BCUT2D eigenvalue weighted by Crippen LogP contribution is 2.30. The number of pyridine rings is 1. The lowest BCUT2D eigenvalue weighted by atomic mass is 10.1. The van der Waals surface area contributed by atoms with E-state index in [1.165, 1.54) is 31.4 Å². The minimum Gasteiger partial charge on any atom is -0.494 e. The normalized spacial score (nSPS) is 10.2. The van der Waals surface area contributed by atoms with E-state index >= 15 is 0 Å². The predicted molar refractivity (Wildman–Crippen MR) is 61.5 cm³/mol. The fraction of sp³-hybridized carbons (Fsp3) is 0.0769. The van der Waals surface area contributed by atoms with Crippen molar-refractivity contribution < 1.29 is 18.3 Å². The molecule has 0 bridgehead atoms. The number of rotatable bonds is 3. The Morgan fingerprint density at radius 2 is 2.00 bits per heavy atom. The first-order chi connectivity index (χ1) is 8.67. The van der Waals surface area contributed by atoms with Crippen LogP contribution in [0.3, 0.4) is 0 Å². The van der Waals surface area contributed by atoms with Crippen LogP contribution >= 0.6 is 0 Å². The summed E-state index contributed by atoms with van der Waals surface area (Å²) in [4.78, 5) is 14.6. The fourth-order valence-electron chi connectivity index (χ4n) is 1.57. The summed E-state index contributed by atoms with van der Waals surface area (Å²) in [6, 6.07) is 6.66. The van der Waals surface area contributed by atoms with Crippen LogP contribution in [0.5, 0.6) is 5.75 Å². The van der Waals surface area contributed by atoms with Crippen LogP contribution in [-0.2, 0) is 0 Å². The van der Waals surface area contributed by atoms with Gasteiger partial charge in [0.25, 0.3) is 0 Å². The molecule has 1 heterocycles. The predicted octanol–water partition coefficient (Wildman–Crippen LogP) is 2.85. The Balaban J connectivity index is 2.68. The third-order valence-corrected chi connectivity index (χ3v) is 2.43. The molecule has 0 N–H and O–H groups in total. The lowest BCUT2D eigenvalue weighted by molar-refractivity contribution is 0.111. The molecule has 0 saturated heterocycles. The highest BCUT2D eigenvalue weighted by atomic mass is 19.2. The molecular formula is C13H9F2NO2. The number of hydrogen-bond donors (Lipinski definition) is 0. The Morgan fingerprint density at radius 3 is 2.67 bits per heavy atom. The van der Waals surface area contributed by atoms with Gasteiger partial charge in [0.05, 0.1) is 7.11 Å². The molecule has 0 aliphatic carbocycles. The summed E-state index contributed by atoms with van der Waals surface area (Å²) in [5.41, 5.74) is 0.170. The first kappa shape index (κ1) is 12.2. The molecule has 0 aliphatic heterocycles. The molecule has 0 amide bonds. The molecular weight excluding hydrogens is 240 g/mol. The molecule has 0 atom stereocenters. The summed E-state index contributed by atoms with van der Waals surface area (Å²) in [6.07, 6.45) is 0.528. The van der Waals surface area contributed by atoms with E-state index in [1.807, 2.05) is 0 Å². The molecule has 5 heteroatoms. The van der Waals surface area contributed by atoms with Crippen molar-refractivity contribution in [1.82, 2.24) is 4.98 Å². The van der Waals surface area contributed by atoms with Gasteiger partial charge in [-0.2, -0.15) is 0 Å². The van der Waals surface area contributed by atoms with Crippen molar-refractivity contribution in [1.29, 1.82) is 0 Å². The summed E-state index contributed by atoms with van der Waals surface area (Å²) in [5.74, 6) is -1.73. The minimum absolute atomic E-state index is 0.0458. The number of benzene rings is 1. The lowest BCUT2D eigenvalue weighted by Gasteiger charge is -2.09. The molecule has 0 aliphatic rings. The number of aromatic nitrogens is 1. The largest absolute Gasteiger partial charge is 0.494 e. The molecule has 3 nitrogen and oxygen atoms in total. The van der Waals surface area contributed by atoms with Gasteiger partial charge in [-0.25, -0.2) is 13.8 Å². The van der Waals surface area contributed by atoms with Gasteiger partial charge in [-0.05, 0) is 24.3 Å². The van der Waals surface area contributed by atoms with Crippen LogP contribution in [0.4, 0.5) is 8.78 Å². The summed E-state index contributed by atoms with van der Waals surface area (Å²) in [7, 11) is 1.39. The zero-order valence-corrected chi connectivity index (χ0v) is 9.48. The number of carbonyl (C=O) groups is 1. The number of hydrogen-bond acceptors (Lipinski definition) is 3. The molecule has 2 aromatic rings. The summed E-state index contributed by atoms with van der Waals surface area (Å²) in [6.45, 7) is 0. The Kier molecular flexibility index (Phi) is 3.32. The first-order valence-corrected chi connectivity index (χ1v) is 5.12. The van der Waals surface area contributed by atoms with E-state index in [0.29, 0.717) is 6.29 Å². The molecule has 0 saturated carbocycles. The first-order valence-electron chi connectivity index (χ1n) is 5.12. The number of halogens is 2. The van der Waals surface area contributed by atoms with Crippen molar-refractivity contribution >= 4 is 6.29 Å². The van der Waals surface area contributed by atoms with Crippen LogP contribution in [0.1, 0.15) is 10.5 Å². The van der Waals surface area contributed by atoms with Crippen molar-refractivity contribution in [2.45, 2.75) is 0 Å². The van der Waals surface area contributed by atoms with E-state index in [0.717, 1.165) is 6.07 Å².